The van der Waals surface area contributed by atoms with Gasteiger partial charge in [0.05, 0.1) is 13.7 Å². The van der Waals surface area contributed by atoms with Crippen molar-refractivity contribution in [1.29, 1.82) is 0 Å². The molecular weight excluding hydrogens is 384 g/mol. The molecular formula is C19H18N2O4S2. The van der Waals surface area contributed by atoms with Gasteiger partial charge in [0.1, 0.15) is 11.9 Å². The van der Waals surface area contributed by atoms with Crippen LogP contribution >= 0.6 is 22.7 Å². The molecule has 0 fully saturated rings. The van der Waals surface area contributed by atoms with Gasteiger partial charge in [-0.2, -0.15) is 11.3 Å². The average Bonchev–Trinajstić information content (AvgIpc) is 3.38. The molecule has 8 heteroatoms. The van der Waals surface area contributed by atoms with Gasteiger partial charge in [-0.25, -0.2) is 0 Å². The molecule has 0 saturated carbocycles. The van der Waals surface area contributed by atoms with Gasteiger partial charge in [-0.05, 0) is 58.8 Å². The monoisotopic (exact) mass is 402 g/mol. The van der Waals surface area contributed by atoms with Gasteiger partial charge >= 0.3 is 11.8 Å². The van der Waals surface area contributed by atoms with Gasteiger partial charge in [-0.15, -0.1) is 11.3 Å². The van der Waals surface area contributed by atoms with E-state index in [-0.39, 0.29) is 6.54 Å². The van der Waals surface area contributed by atoms with Crippen LogP contribution in [0.4, 0.5) is 5.69 Å². The molecule has 3 aromatic rings. The number of methoxy groups -OCH3 is 1. The number of hydrogen-bond acceptors (Lipinski definition) is 6. The van der Waals surface area contributed by atoms with E-state index in [0.29, 0.717) is 11.4 Å². The number of ether oxygens (including phenoxy) is 1. The first-order valence-electron chi connectivity index (χ1n) is 8.09. The van der Waals surface area contributed by atoms with Gasteiger partial charge in [-0.3, -0.25) is 9.59 Å². The van der Waals surface area contributed by atoms with Gasteiger partial charge in [0.2, 0.25) is 0 Å². The quantitative estimate of drug-likeness (QED) is 0.553. The number of aliphatic hydroxyl groups excluding tert-OH is 1. The van der Waals surface area contributed by atoms with Crippen LogP contribution in [0.1, 0.15) is 21.4 Å². The Morgan fingerprint density at radius 1 is 1.11 bits per heavy atom. The predicted octanol–water partition coefficient (Wildman–Crippen LogP) is 3.15. The zero-order chi connectivity index (χ0) is 19.2. The summed E-state index contributed by atoms with van der Waals surface area (Å²) in [5, 5.41) is 19.2. The molecule has 2 amide bonds. The summed E-state index contributed by atoms with van der Waals surface area (Å²) in [6, 6.07) is 12.2. The minimum atomic E-state index is -0.741. The Morgan fingerprint density at radius 3 is 2.56 bits per heavy atom. The fraction of sp³-hybridized carbons (Fsp3) is 0.158. The summed E-state index contributed by atoms with van der Waals surface area (Å²) in [5.74, 6) is -0.801. The summed E-state index contributed by atoms with van der Waals surface area (Å²) in [7, 11) is 1.55. The number of aliphatic hydroxyl groups is 1. The molecule has 1 aromatic carbocycles. The van der Waals surface area contributed by atoms with Crippen LogP contribution in [0.15, 0.2) is 53.2 Å². The maximum absolute atomic E-state index is 12.0. The Morgan fingerprint density at radius 2 is 1.89 bits per heavy atom. The van der Waals surface area contributed by atoms with Gasteiger partial charge in [0.25, 0.3) is 0 Å². The molecule has 6 nitrogen and oxygen atoms in total. The van der Waals surface area contributed by atoms with Crippen LogP contribution in [0.5, 0.6) is 5.75 Å². The molecule has 0 radical (unpaired) electrons. The first-order chi connectivity index (χ1) is 13.1. The largest absolute Gasteiger partial charge is 0.497 e. The predicted molar refractivity (Wildman–Crippen MR) is 106 cm³/mol. The molecule has 140 valence electrons. The molecule has 0 aliphatic rings. The fourth-order valence-electron chi connectivity index (χ4n) is 2.34. The highest BCUT2D eigenvalue weighted by Crippen LogP contribution is 2.29. The Balaban J connectivity index is 1.52. The van der Waals surface area contributed by atoms with Gasteiger partial charge in [0, 0.05) is 15.4 Å². The Labute approximate surface area is 164 Å². The van der Waals surface area contributed by atoms with E-state index in [9.17, 15) is 14.7 Å². The van der Waals surface area contributed by atoms with Crippen molar-refractivity contribution in [2.45, 2.75) is 12.6 Å². The first kappa shape index (κ1) is 19.1. The van der Waals surface area contributed by atoms with Crippen LogP contribution in [0.3, 0.4) is 0 Å². The van der Waals surface area contributed by atoms with E-state index in [1.165, 1.54) is 22.7 Å². The third-order valence-electron chi connectivity index (χ3n) is 3.79. The smallest absolute Gasteiger partial charge is 0.313 e. The molecule has 0 bridgehead atoms. The van der Waals surface area contributed by atoms with Crippen molar-refractivity contribution in [1.82, 2.24) is 5.32 Å². The highest BCUT2D eigenvalue weighted by atomic mass is 32.1. The Kier molecular flexibility index (Phi) is 6.23. The van der Waals surface area contributed by atoms with Crippen molar-refractivity contribution in [3.8, 4) is 5.75 Å². The lowest BCUT2D eigenvalue weighted by Crippen LogP contribution is -2.34. The number of carbonyl (C=O) groups is 2. The standard InChI is InChI=1S/C19H18N2O4S2/c1-25-14-4-2-13(3-5-14)21-19(24)18(23)20-10-15-6-7-16(27-15)17(22)12-8-9-26-11-12/h2-9,11,17,22H,10H2,1H3,(H,20,23)(H,21,24). The van der Waals surface area contributed by atoms with E-state index in [1.54, 1.807) is 31.4 Å². The molecule has 2 heterocycles. The topological polar surface area (TPSA) is 87.7 Å². The number of anilines is 1. The lowest BCUT2D eigenvalue weighted by molar-refractivity contribution is -0.136. The lowest BCUT2D eigenvalue weighted by atomic mass is 10.2. The molecule has 27 heavy (non-hydrogen) atoms. The maximum Gasteiger partial charge on any atom is 0.313 e. The fourth-order valence-corrected chi connectivity index (χ4v) is 3.99. The van der Waals surface area contributed by atoms with E-state index in [1.807, 2.05) is 29.0 Å². The molecule has 0 aliphatic carbocycles. The maximum atomic E-state index is 12.0. The second-order valence-corrected chi connectivity index (χ2v) is 7.61. The zero-order valence-electron chi connectivity index (χ0n) is 14.5. The summed E-state index contributed by atoms with van der Waals surface area (Å²) in [6.07, 6.45) is -0.677. The molecule has 0 saturated heterocycles. The van der Waals surface area contributed by atoms with Gasteiger partial charge < -0.3 is 20.5 Å². The number of thiophene rings is 2. The van der Waals surface area contributed by atoms with Crippen molar-refractivity contribution in [3.05, 3.63) is 68.5 Å². The molecule has 1 atom stereocenters. The summed E-state index contributed by atoms with van der Waals surface area (Å²) in [4.78, 5) is 25.6. The molecule has 3 N–H and O–H groups in total. The zero-order valence-corrected chi connectivity index (χ0v) is 16.1. The lowest BCUT2D eigenvalue weighted by Gasteiger charge is -2.07. The van der Waals surface area contributed by atoms with E-state index < -0.39 is 17.9 Å². The molecule has 1 unspecified atom stereocenters. The number of rotatable bonds is 6. The van der Waals surface area contributed by atoms with Crippen LogP contribution < -0.4 is 15.4 Å². The molecule has 0 spiro atoms. The van der Waals surface area contributed by atoms with Crippen molar-refractivity contribution < 1.29 is 19.4 Å². The average molecular weight is 402 g/mol. The van der Waals surface area contributed by atoms with Crippen molar-refractivity contribution >= 4 is 40.2 Å². The SMILES string of the molecule is COc1ccc(NC(=O)C(=O)NCc2ccc(C(O)c3ccsc3)s2)cc1. The van der Waals surface area contributed by atoms with E-state index >= 15 is 0 Å². The van der Waals surface area contributed by atoms with E-state index in [4.69, 9.17) is 4.74 Å². The minimum Gasteiger partial charge on any atom is -0.497 e. The Hall–Kier alpha value is -2.68. The normalized spacial score (nSPS) is 11.6. The minimum absolute atomic E-state index is 0.218. The third kappa shape index (κ3) is 4.94. The number of hydrogen-bond donors (Lipinski definition) is 3. The van der Waals surface area contributed by atoms with Crippen LogP contribution in [0, 0.1) is 0 Å². The second-order valence-electron chi connectivity index (χ2n) is 5.63. The van der Waals surface area contributed by atoms with E-state index in [2.05, 4.69) is 10.6 Å². The van der Waals surface area contributed by atoms with Gasteiger partial charge in [0.15, 0.2) is 0 Å². The van der Waals surface area contributed by atoms with Crippen LogP contribution in [-0.4, -0.2) is 24.0 Å². The van der Waals surface area contributed by atoms with Crippen molar-refractivity contribution in [3.63, 3.8) is 0 Å². The summed E-state index contributed by atoms with van der Waals surface area (Å²) in [6.45, 7) is 0.218. The third-order valence-corrected chi connectivity index (χ3v) is 5.63. The molecule has 2 aromatic heterocycles. The summed E-state index contributed by atoms with van der Waals surface area (Å²) in [5.41, 5.74) is 1.35. The van der Waals surface area contributed by atoms with E-state index in [0.717, 1.165) is 15.3 Å². The van der Waals surface area contributed by atoms with Crippen molar-refractivity contribution in [2.24, 2.45) is 0 Å². The molecule has 3 rings (SSSR count). The number of carbonyl (C=O) groups excluding carboxylic acids is 2. The Bertz CT molecular complexity index is 904. The highest BCUT2D eigenvalue weighted by molar-refractivity contribution is 7.12. The van der Waals surface area contributed by atoms with Crippen LogP contribution in [-0.2, 0) is 16.1 Å². The number of nitrogens with one attached hydrogen (secondary N) is 2. The van der Waals surface area contributed by atoms with Crippen molar-refractivity contribution in [2.75, 3.05) is 12.4 Å². The van der Waals surface area contributed by atoms with Gasteiger partial charge in [-0.1, -0.05) is 0 Å². The second kappa shape index (κ2) is 8.81. The first-order valence-corrected chi connectivity index (χ1v) is 9.84. The number of benzene rings is 1. The van der Waals surface area contributed by atoms with Crippen LogP contribution in [0.2, 0.25) is 0 Å². The van der Waals surface area contributed by atoms with Crippen LogP contribution in [0.25, 0.3) is 0 Å². The molecule has 0 aliphatic heterocycles. The number of amides is 2. The summed E-state index contributed by atoms with van der Waals surface area (Å²) >= 11 is 2.92. The highest BCUT2D eigenvalue weighted by Gasteiger charge is 2.16. The summed E-state index contributed by atoms with van der Waals surface area (Å²) < 4.78 is 5.04.